The van der Waals surface area contributed by atoms with Crippen molar-refractivity contribution in [3.05, 3.63) is 103 Å². The van der Waals surface area contributed by atoms with E-state index >= 15 is 0 Å². The van der Waals surface area contributed by atoms with Gasteiger partial charge in [-0.1, -0.05) is 18.2 Å². The summed E-state index contributed by atoms with van der Waals surface area (Å²) in [6.07, 6.45) is 10.3. The number of aromatic nitrogens is 8. The van der Waals surface area contributed by atoms with Gasteiger partial charge in [-0.15, -0.1) is 0 Å². The van der Waals surface area contributed by atoms with Gasteiger partial charge < -0.3 is 10.3 Å². The highest BCUT2D eigenvalue weighted by Gasteiger charge is 2.17. The molecule has 3 N–H and O–H groups in total. The quantitative estimate of drug-likeness (QED) is 0.287. The SMILES string of the molecule is O=C(Nc1cncc(-c2ccc3[nH]nc(-c4nc5c(-c6ccncc6)cncc5[nH]4)c3n2)c1)c1ccccc1. The van der Waals surface area contributed by atoms with Crippen molar-refractivity contribution in [3.63, 3.8) is 0 Å². The molecule has 186 valence electrons. The first-order valence-electron chi connectivity index (χ1n) is 12.1. The molecule has 0 fully saturated rings. The van der Waals surface area contributed by atoms with Gasteiger partial charge in [0.2, 0.25) is 0 Å². The molecule has 10 heteroatoms. The van der Waals surface area contributed by atoms with Crippen LogP contribution in [0.4, 0.5) is 5.69 Å². The van der Waals surface area contributed by atoms with E-state index in [4.69, 9.17) is 9.97 Å². The number of rotatable bonds is 5. The van der Waals surface area contributed by atoms with Gasteiger partial charge in [0.15, 0.2) is 11.5 Å². The molecule has 0 aliphatic rings. The maximum atomic E-state index is 12.6. The van der Waals surface area contributed by atoms with Gasteiger partial charge in [0.1, 0.15) is 5.52 Å². The van der Waals surface area contributed by atoms with Crippen LogP contribution >= 0.6 is 0 Å². The van der Waals surface area contributed by atoms with Crippen LogP contribution in [0.3, 0.4) is 0 Å². The Morgan fingerprint density at radius 1 is 0.744 bits per heavy atom. The number of nitrogens with zero attached hydrogens (tertiary/aromatic N) is 6. The minimum atomic E-state index is -0.208. The van der Waals surface area contributed by atoms with Gasteiger partial charge in [-0.25, -0.2) is 9.97 Å². The van der Waals surface area contributed by atoms with Crippen LogP contribution in [-0.4, -0.2) is 46.0 Å². The molecule has 6 heterocycles. The largest absolute Gasteiger partial charge is 0.335 e. The van der Waals surface area contributed by atoms with Crippen molar-refractivity contribution < 1.29 is 4.79 Å². The van der Waals surface area contributed by atoms with Gasteiger partial charge in [0.25, 0.3) is 5.91 Å². The van der Waals surface area contributed by atoms with Crippen molar-refractivity contribution in [1.29, 1.82) is 0 Å². The van der Waals surface area contributed by atoms with E-state index in [1.54, 1.807) is 49.3 Å². The minimum absolute atomic E-state index is 0.208. The molecule has 0 atom stereocenters. The fourth-order valence-corrected chi connectivity index (χ4v) is 4.45. The summed E-state index contributed by atoms with van der Waals surface area (Å²) in [6.45, 7) is 0. The summed E-state index contributed by atoms with van der Waals surface area (Å²) >= 11 is 0. The van der Waals surface area contributed by atoms with Crippen LogP contribution in [0, 0.1) is 0 Å². The van der Waals surface area contributed by atoms with E-state index in [-0.39, 0.29) is 5.91 Å². The first kappa shape index (κ1) is 22.4. The molecule has 0 aliphatic heterocycles. The smallest absolute Gasteiger partial charge is 0.255 e. The van der Waals surface area contributed by atoms with Crippen LogP contribution in [0.2, 0.25) is 0 Å². The molecule has 7 aromatic rings. The third-order valence-corrected chi connectivity index (χ3v) is 6.35. The fraction of sp³-hybridized carbons (Fsp3) is 0. The summed E-state index contributed by atoms with van der Waals surface area (Å²) in [5.41, 5.74) is 8.03. The summed E-state index contributed by atoms with van der Waals surface area (Å²) in [7, 11) is 0. The number of hydrogen-bond donors (Lipinski definition) is 3. The van der Waals surface area contributed by atoms with Crippen molar-refractivity contribution in [1.82, 2.24) is 40.1 Å². The van der Waals surface area contributed by atoms with Crippen molar-refractivity contribution >= 4 is 33.7 Å². The first-order valence-corrected chi connectivity index (χ1v) is 12.1. The van der Waals surface area contributed by atoms with Crippen molar-refractivity contribution in [3.8, 4) is 33.9 Å². The molecule has 1 amide bonds. The highest BCUT2D eigenvalue weighted by Crippen LogP contribution is 2.31. The Hall–Kier alpha value is -5.77. The van der Waals surface area contributed by atoms with E-state index < -0.39 is 0 Å². The van der Waals surface area contributed by atoms with Crippen LogP contribution in [0.5, 0.6) is 0 Å². The number of imidazole rings is 1. The highest BCUT2D eigenvalue weighted by atomic mass is 16.1. The lowest BCUT2D eigenvalue weighted by molar-refractivity contribution is 0.102. The summed E-state index contributed by atoms with van der Waals surface area (Å²) in [6, 6.07) is 18.5. The number of carbonyl (C=O) groups excluding carboxylic acids is 1. The molecule has 0 aliphatic carbocycles. The van der Waals surface area contributed by atoms with Crippen molar-refractivity contribution in [2.75, 3.05) is 5.32 Å². The van der Waals surface area contributed by atoms with E-state index in [1.807, 2.05) is 48.5 Å². The first-order chi connectivity index (χ1) is 19.2. The number of hydrogen-bond acceptors (Lipinski definition) is 7. The maximum absolute atomic E-state index is 12.6. The Labute approximate surface area is 221 Å². The molecule has 0 unspecified atom stereocenters. The number of aromatic amines is 2. The lowest BCUT2D eigenvalue weighted by atomic mass is 10.1. The van der Waals surface area contributed by atoms with Crippen LogP contribution in [0.25, 0.3) is 56.0 Å². The molecule has 7 rings (SSSR count). The number of amides is 1. The van der Waals surface area contributed by atoms with Gasteiger partial charge >= 0.3 is 0 Å². The number of fused-ring (bicyclic) bond motifs is 2. The molecule has 0 saturated carbocycles. The highest BCUT2D eigenvalue weighted by molar-refractivity contribution is 6.04. The second-order valence-electron chi connectivity index (χ2n) is 8.85. The van der Waals surface area contributed by atoms with E-state index in [0.717, 1.165) is 33.2 Å². The third-order valence-electron chi connectivity index (χ3n) is 6.35. The topological polar surface area (TPSA) is 138 Å². The minimum Gasteiger partial charge on any atom is -0.335 e. The summed E-state index contributed by atoms with van der Waals surface area (Å²) in [5, 5.41) is 10.4. The molecular weight excluding hydrogens is 490 g/mol. The predicted molar refractivity (Wildman–Crippen MR) is 148 cm³/mol. The molecular formula is C29H19N9O. The summed E-state index contributed by atoms with van der Waals surface area (Å²) in [4.78, 5) is 38.5. The van der Waals surface area contributed by atoms with E-state index in [0.29, 0.717) is 34.0 Å². The standard InChI is InChI=1S/C29H19N9O/c39-29(18-4-2-1-3-5-18)33-20-12-19(13-31-14-20)22-6-7-23-26(34-22)27(38-37-23)28-35-24-16-32-15-21(25(24)36-28)17-8-10-30-11-9-17/h1-16H,(H,33,39)(H,35,36)(H,37,38). The van der Waals surface area contributed by atoms with Gasteiger partial charge in [0.05, 0.1) is 40.3 Å². The van der Waals surface area contributed by atoms with E-state index in [2.05, 4.69) is 35.5 Å². The molecule has 6 aromatic heterocycles. The zero-order valence-electron chi connectivity index (χ0n) is 20.3. The Morgan fingerprint density at radius 2 is 1.59 bits per heavy atom. The molecule has 39 heavy (non-hydrogen) atoms. The maximum Gasteiger partial charge on any atom is 0.255 e. The molecule has 0 bridgehead atoms. The number of pyridine rings is 4. The number of carbonyl (C=O) groups is 1. The Morgan fingerprint density at radius 3 is 2.46 bits per heavy atom. The monoisotopic (exact) mass is 509 g/mol. The predicted octanol–water partition coefficient (Wildman–Crippen LogP) is 5.27. The molecule has 0 saturated heterocycles. The van der Waals surface area contributed by atoms with Gasteiger partial charge in [-0.05, 0) is 48.0 Å². The van der Waals surface area contributed by atoms with Crippen LogP contribution < -0.4 is 5.32 Å². The zero-order valence-corrected chi connectivity index (χ0v) is 20.3. The lowest BCUT2D eigenvalue weighted by Gasteiger charge is -2.07. The lowest BCUT2D eigenvalue weighted by Crippen LogP contribution is -2.11. The average Bonchev–Trinajstić information content (AvgIpc) is 3.62. The van der Waals surface area contributed by atoms with Gasteiger partial charge in [-0.3, -0.25) is 24.8 Å². The van der Waals surface area contributed by atoms with Crippen molar-refractivity contribution in [2.45, 2.75) is 0 Å². The summed E-state index contributed by atoms with van der Waals surface area (Å²) < 4.78 is 0. The van der Waals surface area contributed by atoms with Crippen molar-refractivity contribution in [2.24, 2.45) is 0 Å². The Kier molecular flexibility index (Phi) is 5.33. The second-order valence-corrected chi connectivity index (χ2v) is 8.85. The summed E-state index contributed by atoms with van der Waals surface area (Å²) in [5.74, 6) is 0.367. The zero-order chi connectivity index (χ0) is 26.2. The van der Waals surface area contributed by atoms with Crippen LogP contribution in [-0.2, 0) is 0 Å². The molecule has 10 nitrogen and oxygen atoms in total. The molecule has 0 radical (unpaired) electrons. The van der Waals surface area contributed by atoms with Gasteiger partial charge in [0, 0.05) is 41.5 Å². The van der Waals surface area contributed by atoms with E-state index in [9.17, 15) is 4.79 Å². The second kappa shape index (κ2) is 9.27. The fourth-order valence-electron chi connectivity index (χ4n) is 4.45. The molecule has 1 aromatic carbocycles. The van der Waals surface area contributed by atoms with Gasteiger partial charge in [-0.2, -0.15) is 5.10 Å². The van der Waals surface area contributed by atoms with Crippen LogP contribution in [0.15, 0.2) is 97.8 Å². The number of H-pyrrole nitrogens is 2. The molecule has 0 spiro atoms. The third kappa shape index (κ3) is 4.15. The number of benzene rings is 1. The Bertz CT molecular complexity index is 1960. The van der Waals surface area contributed by atoms with E-state index in [1.165, 1.54) is 0 Å². The van der Waals surface area contributed by atoms with Crippen LogP contribution in [0.1, 0.15) is 10.4 Å². The number of nitrogens with one attached hydrogen (secondary N) is 3. The number of anilines is 1. The Balaban J connectivity index is 1.25. The normalized spacial score (nSPS) is 11.2. The average molecular weight is 510 g/mol.